The highest BCUT2D eigenvalue weighted by Gasteiger charge is 2.37. The summed E-state index contributed by atoms with van der Waals surface area (Å²) in [6.07, 6.45) is 0.579. The number of amides is 1. The summed E-state index contributed by atoms with van der Waals surface area (Å²) in [4.78, 5) is 12.0. The zero-order valence-electron chi connectivity index (χ0n) is 11.6. The van der Waals surface area contributed by atoms with Gasteiger partial charge in [0.2, 0.25) is 0 Å². The fourth-order valence-electron chi connectivity index (χ4n) is 2.31. The second kappa shape index (κ2) is 5.79. The van der Waals surface area contributed by atoms with Crippen LogP contribution < -0.4 is 11.1 Å². The predicted octanol–water partition coefficient (Wildman–Crippen LogP) is 3.30. The first kappa shape index (κ1) is 16.0. The smallest absolute Gasteiger partial charge is 0.398 e. The van der Waals surface area contributed by atoms with Crippen LogP contribution in [0, 0.1) is 0 Å². The van der Waals surface area contributed by atoms with Crippen molar-refractivity contribution in [2.45, 2.75) is 30.2 Å². The van der Waals surface area contributed by atoms with Crippen molar-refractivity contribution in [1.29, 1.82) is 0 Å². The minimum Gasteiger partial charge on any atom is -0.398 e. The first-order valence-corrected chi connectivity index (χ1v) is 7.80. The van der Waals surface area contributed by atoms with Crippen LogP contribution in [-0.4, -0.2) is 23.5 Å². The first-order chi connectivity index (χ1) is 9.77. The highest BCUT2D eigenvalue weighted by atomic mass is 32.2. The predicted molar refractivity (Wildman–Crippen MR) is 78.3 cm³/mol. The summed E-state index contributed by atoms with van der Waals surface area (Å²) in [6, 6.07) is 3.23. The SMILES string of the molecule is CSC1(CNC(=O)c2ccc(N)c(C(F)(F)F)c2)CCC1. The van der Waals surface area contributed by atoms with Gasteiger partial charge in [-0.25, -0.2) is 0 Å². The average molecular weight is 318 g/mol. The Hall–Kier alpha value is -1.37. The van der Waals surface area contributed by atoms with Gasteiger partial charge in [0.05, 0.1) is 5.56 Å². The van der Waals surface area contributed by atoms with E-state index in [1.54, 1.807) is 11.8 Å². The lowest BCUT2D eigenvalue weighted by Gasteiger charge is -2.40. The summed E-state index contributed by atoms with van der Waals surface area (Å²) in [5, 5.41) is 2.72. The molecule has 1 aliphatic rings. The number of alkyl halides is 3. The number of hydrogen-bond donors (Lipinski definition) is 2. The molecule has 0 aliphatic heterocycles. The summed E-state index contributed by atoms with van der Waals surface area (Å²) in [5.41, 5.74) is 3.94. The fraction of sp³-hybridized carbons (Fsp3) is 0.500. The van der Waals surface area contributed by atoms with E-state index in [1.165, 1.54) is 6.07 Å². The van der Waals surface area contributed by atoms with Gasteiger partial charge in [-0.1, -0.05) is 6.42 Å². The van der Waals surface area contributed by atoms with Crippen LogP contribution in [0.3, 0.4) is 0 Å². The van der Waals surface area contributed by atoms with E-state index in [0.717, 1.165) is 31.4 Å². The lowest BCUT2D eigenvalue weighted by Crippen LogP contribution is -2.45. The highest BCUT2D eigenvalue weighted by molar-refractivity contribution is 8.00. The Bertz CT molecular complexity index is 536. The molecular formula is C14H17F3N2OS. The van der Waals surface area contributed by atoms with Crippen molar-refractivity contribution >= 4 is 23.4 Å². The van der Waals surface area contributed by atoms with Crippen LogP contribution >= 0.6 is 11.8 Å². The summed E-state index contributed by atoms with van der Waals surface area (Å²) >= 11 is 1.69. The van der Waals surface area contributed by atoms with Crippen molar-refractivity contribution in [2.75, 3.05) is 18.5 Å². The summed E-state index contributed by atoms with van der Waals surface area (Å²) in [7, 11) is 0. The number of nitrogens with two attached hydrogens (primary N) is 1. The number of thioether (sulfide) groups is 1. The quantitative estimate of drug-likeness (QED) is 0.838. The number of rotatable bonds is 4. The number of hydrogen-bond acceptors (Lipinski definition) is 3. The Morgan fingerprint density at radius 1 is 1.43 bits per heavy atom. The Kier molecular flexibility index (Phi) is 4.41. The van der Waals surface area contributed by atoms with Gasteiger partial charge in [0.25, 0.3) is 5.91 Å². The number of nitrogen functional groups attached to an aromatic ring is 1. The molecule has 0 heterocycles. The normalized spacial score (nSPS) is 17.1. The fourth-order valence-corrected chi connectivity index (χ4v) is 3.22. The van der Waals surface area contributed by atoms with Gasteiger partial charge in [0.15, 0.2) is 0 Å². The topological polar surface area (TPSA) is 55.1 Å². The van der Waals surface area contributed by atoms with Crippen molar-refractivity contribution in [1.82, 2.24) is 5.32 Å². The van der Waals surface area contributed by atoms with Crippen molar-refractivity contribution < 1.29 is 18.0 Å². The number of carbonyl (C=O) groups excluding carboxylic acids is 1. The molecule has 1 fully saturated rings. The van der Waals surface area contributed by atoms with Crippen molar-refractivity contribution in [3.63, 3.8) is 0 Å². The minimum atomic E-state index is -4.56. The van der Waals surface area contributed by atoms with E-state index in [0.29, 0.717) is 6.54 Å². The van der Waals surface area contributed by atoms with Gasteiger partial charge in [0, 0.05) is 22.5 Å². The third-order valence-corrected chi connectivity index (χ3v) is 5.31. The first-order valence-electron chi connectivity index (χ1n) is 6.57. The molecule has 1 aromatic carbocycles. The van der Waals surface area contributed by atoms with Crippen LogP contribution in [0.25, 0.3) is 0 Å². The number of nitrogens with one attached hydrogen (secondary N) is 1. The lowest BCUT2D eigenvalue weighted by molar-refractivity contribution is -0.136. The van der Waals surface area contributed by atoms with Gasteiger partial charge in [-0.2, -0.15) is 24.9 Å². The van der Waals surface area contributed by atoms with E-state index < -0.39 is 17.6 Å². The molecule has 0 unspecified atom stereocenters. The molecule has 1 aromatic rings. The maximum absolute atomic E-state index is 12.8. The monoisotopic (exact) mass is 318 g/mol. The Morgan fingerprint density at radius 3 is 2.57 bits per heavy atom. The third kappa shape index (κ3) is 3.45. The average Bonchev–Trinajstić information content (AvgIpc) is 2.37. The maximum Gasteiger partial charge on any atom is 0.418 e. The van der Waals surface area contributed by atoms with E-state index in [1.807, 2.05) is 6.26 Å². The summed E-state index contributed by atoms with van der Waals surface area (Å²) in [5.74, 6) is -0.499. The Labute approximate surface area is 125 Å². The van der Waals surface area contributed by atoms with E-state index >= 15 is 0 Å². The molecule has 0 atom stereocenters. The molecule has 0 bridgehead atoms. The van der Waals surface area contributed by atoms with Gasteiger partial charge in [0.1, 0.15) is 0 Å². The van der Waals surface area contributed by atoms with Crippen LogP contribution in [0.5, 0.6) is 0 Å². The minimum absolute atomic E-state index is 0.0212. The molecule has 0 saturated heterocycles. The zero-order chi connectivity index (χ0) is 15.7. The van der Waals surface area contributed by atoms with Gasteiger partial charge < -0.3 is 11.1 Å². The molecule has 21 heavy (non-hydrogen) atoms. The van der Waals surface area contributed by atoms with Crippen LogP contribution in [0.15, 0.2) is 18.2 Å². The third-order valence-electron chi connectivity index (χ3n) is 3.89. The van der Waals surface area contributed by atoms with E-state index in [9.17, 15) is 18.0 Å². The second-order valence-electron chi connectivity index (χ2n) is 5.22. The molecule has 2 rings (SSSR count). The Balaban J connectivity index is 2.09. The highest BCUT2D eigenvalue weighted by Crippen LogP contribution is 2.42. The molecule has 0 aromatic heterocycles. The van der Waals surface area contributed by atoms with Crippen LogP contribution in [0.4, 0.5) is 18.9 Å². The summed E-state index contributed by atoms with van der Waals surface area (Å²) in [6.45, 7) is 0.471. The van der Waals surface area contributed by atoms with E-state index in [4.69, 9.17) is 5.73 Å². The molecular weight excluding hydrogens is 301 g/mol. The Morgan fingerprint density at radius 2 is 2.10 bits per heavy atom. The number of carbonyl (C=O) groups is 1. The standard InChI is InChI=1S/C14H17F3N2OS/c1-21-13(5-2-6-13)8-19-12(20)9-3-4-11(18)10(7-9)14(15,16)17/h3-4,7H,2,5-6,8,18H2,1H3,(H,19,20). The van der Waals surface area contributed by atoms with Crippen molar-refractivity contribution in [3.05, 3.63) is 29.3 Å². The van der Waals surface area contributed by atoms with Gasteiger partial charge in [-0.15, -0.1) is 0 Å². The molecule has 0 spiro atoms. The van der Waals surface area contributed by atoms with Gasteiger partial charge in [-0.05, 0) is 37.3 Å². The van der Waals surface area contributed by atoms with Crippen LogP contribution in [0.2, 0.25) is 0 Å². The van der Waals surface area contributed by atoms with Crippen LogP contribution in [-0.2, 0) is 6.18 Å². The van der Waals surface area contributed by atoms with Crippen molar-refractivity contribution in [3.8, 4) is 0 Å². The van der Waals surface area contributed by atoms with E-state index in [-0.39, 0.29) is 16.0 Å². The molecule has 0 radical (unpaired) electrons. The molecule has 116 valence electrons. The summed E-state index contributed by atoms with van der Waals surface area (Å²) < 4.78 is 38.3. The maximum atomic E-state index is 12.8. The molecule has 1 amide bonds. The largest absolute Gasteiger partial charge is 0.418 e. The van der Waals surface area contributed by atoms with E-state index in [2.05, 4.69) is 5.32 Å². The second-order valence-corrected chi connectivity index (χ2v) is 6.50. The number of halogens is 3. The molecule has 7 heteroatoms. The molecule has 3 nitrogen and oxygen atoms in total. The lowest BCUT2D eigenvalue weighted by atomic mass is 9.84. The van der Waals surface area contributed by atoms with Crippen LogP contribution in [0.1, 0.15) is 35.2 Å². The van der Waals surface area contributed by atoms with Gasteiger partial charge >= 0.3 is 6.18 Å². The van der Waals surface area contributed by atoms with Gasteiger partial charge in [-0.3, -0.25) is 4.79 Å². The number of benzene rings is 1. The zero-order valence-corrected chi connectivity index (χ0v) is 12.4. The van der Waals surface area contributed by atoms with Crippen molar-refractivity contribution in [2.24, 2.45) is 0 Å². The molecule has 3 N–H and O–H groups in total. The molecule has 1 saturated carbocycles. The number of anilines is 1. The molecule has 1 aliphatic carbocycles.